The molecule has 2 heterocycles. The lowest BCUT2D eigenvalue weighted by molar-refractivity contribution is 0.355. The molecule has 0 saturated carbocycles. The molecule has 0 aliphatic heterocycles. The second-order valence-electron chi connectivity index (χ2n) is 12.2. The van der Waals surface area contributed by atoms with Crippen LogP contribution < -0.4 is 41.3 Å². The number of nitrogens with zero attached hydrogens (tertiary/aromatic N) is 8. The molecule has 4 aromatic carbocycles. The molecule has 0 radical (unpaired) electrons. The fourth-order valence-corrected chi connectivity index (χ4v) is 6.18. The molecule has 6 N–H and O–H groups in total. The minimum absolute atomic E-state index is 0.0456. The van der Waals surface area contributed by atoms with E-state index in [4.69, 9.17) is 76.8 Å². The molecular formula is C42H40Cl4N12O4. The summed E-state index contributed by atoms with van der Waals surface area (Å²) in [6.07, 6.45) is 10.00. The Balaban J connectivity index is 0.000000235. The highest BCUT2D eigenvalue weighted by atomic mass is 35.5. The van der Waals surface area contributed by atoms with Gasteiger partial charge in [-0.3, -0.25) is 0 Å². The lowest BCUT2D eigenvalue weighted by Gasteiger charge is -2.10. The van der Waals surface area contributed by atoms with Gasteiger partial charge in [0.05, 0.1) is 74.7 Å². The third-order valence-corrected chi connectivity index (χ3v) is 9.56. The number of hydrogen-bond acceptors (Lipinski definition) is 10. The van der Waals surface area contributed by atoms with Crippen LogP contribution in [0.1, 0.15) is 22.5 Å². The van der Waals surface area contributed by atoms with E-state index < -0.39 is 0 Å². The highest BCUT2D eigenvalue weighted by molar-refractivity contribution is 6.35. The van der Waals surface area contributed by atoms with Gasteiger partial charge in [0.25, 0.3) is 0 Å². The molecule has 0 aliphatic carbocycles. The fraction of sp³-hybridized carbons (Fsp3) is 0.0952. The van der Waals surface area contributed by atoms with Crippen molar-refractivity contribution in [1.29, 1.82) is 0 Å². The van der Waals surface area contributed by atoms with Crippen LogP contribution in [0.4, 0.5) is 0 Å². The van der Waals surface area contributed by atoms with Gasteiger partial charge in [0.15, 0.2) is 23.0 Å². The lowest BCUT2D eigenvalue weighted by atomic mass is 10.2. The van der Waals surface area contributed by atoms with E-state index in [0.717, 1.165) is 22.8 Å². The Morgan fingerprint density at radius 1 is 0.516 bits per heavy atom. The fourth-order valence-electron chi connectivity index (χ4n) is 5.36. The van der Waals surface area contributed by atoms with E-state index in [1.54, 1.807) is 36.7 Å². The zero-order chi connectivity index (χ0) is 44.4. The minimum atomic E-state index is -0.0456. The molecule has 16 nitrogen and oxygen atoms in total. The predicted molar refractivity (Wildman–Crippen MR) is 251 cm³/mol. The van der Waals surface area contributed by atoms with Crippen molar-refractivity contribution in [2.24, 2.45) is 42.1 Å². The number of nitrogens with one attached hydrogen (secondary N) is 2. The molecule has 0 fully saturated rings. The third kappa shape index (κ3) is 12.5. The first-order chi connectivity index (χ1) is 30.1. The number of aromatic nitrogens is 2. The molecule has 320 valence electrons. The van der Waals surface area contributed by atoms with E-state index in [1.165, 1.54) is 40.9 Å². The summed E-state index contributed by atoms with van der Waals surface area (Å²) < 4.78 is 24.8. The number of hydrogen-bond donors (Lipinski definition) is 4. The molecular weight excluding hydrogens is 878 g/mol. The van der Waals surface area contributed by atoms with Crippen LogP contribution in [-0.4, -0.2) is 74.4 Å². The molecule has 0 spiro atoms. The Labute approximate surface area is 377 Å². The van der Waals surface area contributed by atoms with Crippen LogP contribution in [-0.2, 0) is 0 Å². The maximum atomic E-state index is 6.28. The molecule has 0 unspecified atom stereocenters. The van der Waals surface area contributed by atoms with Gasteiger partial charge < -0.3 is 39.5 Å². The summed E-state index contributed by atoms with van der Waals surface area (Å²) in [7, 11) is 6.04. The van der Waals surface area contributed by atoms with Gasteiger partial charge in [0, 0.05) is 44.9 Å². The number of guanidine groups is 2. The second-order valence-corrected chi connectivity index (χ2v) is 13.8. The quantitative estimate of drug-likeness (QED) is 0.0477. The molecule has 6 aromatic rings. The normalized spacial score (nSPS) is 11.9. The Hall–Kier alpha value is -6.98. The molecule has 0 aliphatic rings. The molecule has 0 bridgehead atoms. The highest BCUT2D eigenvalue weighted by Gasteiger charge is 2.13. The van der Waals surface area contributed by atoms with Crippen molar-refractivity contribution in [3.05, 3.63) is 152 Å². The van der Waals surface area contributed by atoms with Crippen LogP contribution in [0.15, 0.2) is 140 Å². The van der Waals surface area contributed by atoms with E-state index in [1.807, 2.05) is 94.3 Å². The Morgan fingerprint density at radius 2 is 0.935 bits per heavy atom. The maximum Gasteiger partial charge on any atom is 0.234 e. The summed E-state index contributed by atoms with van der Waals surface area (Å²) in [5.41, 5.74) is 21.6. The zero-order valence-electron chi connectivity index (χ0n) is 33.6. The summed E-state index contributed by atoms with van der Waals surface area (Å²) in [5.74, 6) is 1.84. The number of rotatable bonds is 14. The van der Waals surface area contributed by atoms with Gasteiger partial charge in [-0.15, -0.1) is 10.2 Å². The summed E-state index contributed by atoms with van der Waals surface area (Å²) in [6.45, 7) is 0. The lowest BCUT2D eigenvalue weighted by Crippen LogP contribution is -2.26. The molecule has 2 aromatic heterocycles. The first-order valence-electron chi connectivity index (χ1n) is 18.1. The summed E-state index contributed by atoms with van der Waals surface area (Å²) in [4.78, 5) is 0. The number of benzene rings is 4. The molecule has 0 saturated heterocycles. The largest absolute Gasteiger partial charge is 0.493 e. The summed E-state index contributed by atoms with van der Waals surface area (Å²) in [5, 5.41) is 25.8. The van der Waals surface area contributed by atoms with Gasteiger partial charge in [-0.05, 0) is 97.1 Å². The highest BCUT2D eigenvalue weighted by Crippen LogP contribution is 2.37. The van der Waals surface area contributed by atoms with E-state index in [9.17, 15) is 0 Å². The van der Waals surface area contributed by atoms with Gasteiger partial charge >= 0.3 is 0 Å². The van der Waals surface area contributed by atoms with Crippen LogP contribution in [0.3, 0.4) is 0 Å². The first-order valence-corrected chi connectivity index (χ1v) is 19.6. The Morgan fingerprint density at radius 3 is 1.39 bits per heavy atom. The zero-order valence-corrected chi connectivity index (χ0v) is 36.6. The molecule has 0 amide bonds. The number of ether oxygens (including phenoxy) is 4. The van der Waals surface area contributed by atoms with Crippen molar-refractivity contribution in [2.75, 3.05) is 28.4 Å². The smallest absolute Gasteiger partial charge is 0.234 e. The predicted octanol–water partition coefficient (Wildman–Crippen LogP) is 8.15. The van der Waals surface area contributed by atoms with Crippen LogP contribution in [0.25, 0.3) is 11.4 Å². The molecule has 62 heavy (non-hydrogen) atoms. The van der Waals surface area contributed by atoms with Crippen molar-refractivity contribution >= 4 is 83.2 Å². The number of halogens is 4. The van der Waals surface area contributed by atoms with Crippen LogP contribution in [0.2, 0.25) is 20.1 Å². The average Bonchev–Trinajstić information content (AvgIpc) is 3.95. The molecule has 6 rings (SSSR count). The van der Waals surface area contributed by atoms with E-state index in [-0.39, 0.29) is 11.9 Å². The van der Waals surface area contributed by atoms with Crippen LogP contribution in [0, 0.1) is 0 Å². The van der Waals surface area contributed by atoms with Crippen molar-refractivity contribution in [2.45, 2.75) is 0 Å². The third-order valence-electron chi connectivity index (χ3n) is 8.28. The SMILES string of the molecule is COc1ccc(C=NN=C(N)NN=Cc2ccc(OC)c(OC)c2Cl)c(Cl)c1OC.NC(=NN=Cc1cccn1-c1ccc(Cl)cc1)NN=Cc1cccn1-c1ccc(Cl)cc1. The standard InChI is InChI=1S/C23H19Cl2N7.C19H21Cl2N5O4/c24-17-5-9-19(10-6-17)31-13-1-3-21(31)15-27-29-23(26)30-28-16-22-4-2-14-32(22)20-11-7-18(25)8-12-20;1-27-13-7-5-11(15(20)17(13)29-3)9-23-25-19(22)26-24-10-12-6-8-14(28-2)18(30-4)16(12)21/h1-16H,(H3,26,29,30);5-10H,1-4H3,(H3,22,25,26). The van der Waals surface area contributed by atoms with Crippen molar-refractivity contribution < 1.29 is 18.9 Å². The number of methoxy groups -OCH3 is 4. The molecule has 0 atom stereocenters. The van der Waals surface area contributed by atoms with Crippen molar-refractivity contribution in [1.82, 2.24) is 20.0 Å². The second kappa shape index (κ2) is 23.1. The van der Waals surface area contributed by atoms with Gasteiger partial charge in [0.1, 0.15) is 0 Å². The van der Waals surface area contributed by atoms with E-state index >= 15 is 0 Å². The van der Waals surface area contributed by atoms with Crippen molar-refractivity contribution in [3.8, 4) is 34.4 Å². The van der Waals surface area contributed by atoms with Gasteiger partial charge in [-0.25, -0.2) is 10.9 Å². The Kier molecular flexibility index (Phi) is 17.2. The van der Waals surface area contributed by atoms with Crippen LogP contribution >= 0.6 is 46.4 Å². The summed E-state index contributed by atoms with van der Waals surface area (Å²) in [6, 6.07) is 29.6. The number of nitrogens with two attached hydrogens (primary N) is 2. The monoisotopic (exact) mass is 916 g/mol. The molecule has 20 heteroatoms. The van der Waals surface area contributed by atoms with Gasteiger partial charge in [-0.2, -0.15) is 20.4 Å². The number of hydrazone groups is 2. The summed E-state index contributed by atoms with van der Waals surface area (Å²) >= 11 is 24.5. The van der Waals surface area contributed by atoms with Gasteiger partial charge in [-0.1, -0.05) is 46.4 Å². The topological polar surface area (TPSA) is 197 Å². The van der Waals surface area contributed by atoms with E-state index in [0.29, 0.717) is 54.2 Å². The van der Waals surface area contributed by atoms with Crippen molar-refractivity contribution in [3.63, 3.8) is 0 Å². The first kappa shape index (κ1) is 46.1. The van der Waals surface area contributed by atoms with Crippen LogP contribution in [0.5, 0.6) is 23.0 Å². The average molecular weight is 919 g/mol. The van der Waals surface area contributed by atoms with Gasteiger partial charge in [0.2, 0.25) is 11.9 Å². The van der Waals surface area contributed by atoms with E-state index in [2.05, 4.69) is 41.5 Å². The Bertz CT molecular complexity index is 2610. The maximum absolute atomic E-state index is 6.28. The minimum Gasteiger partial charge on any atom is -0.493 e.